The van der Waals surface area contributed by atoms with Crippen LogP contribution in [0.3, 0.4) is 0 Å². The van der Waals surface area contributed by atoms with Gasteiger partial charge in [-0.15, -0.1) is 0 Å². The summed E-state index contributed by atoms with van der Waals surface area (Å²) in [6, 6.07) is 0. The molecule has 42 heavy (non-hydrogen) atoms. The van der Waals surface area contributed by atoms with Gasteiger partial charge in [-0.05, 0) is 51.4 Å². The van der Waals surface area contributed by atoms with Gasteiger partial charge in [0, 0.05) is 105 Å². The third-order valence-corrected chi connectivity index (χ3v) is 8.14. The molecule has 8 rings (SSSR count). The Kier molecular flexibility index (Phi) is 16.4. The van der Waals surface area contributed by atoms with Crippen LogP contribution in [0.2, 0.25) is 0 Å². The van der Waals surface area contributed by atoms with Crippen molar-refractivity contribution in [2.24, 2.45) is 20.0 Å². The number of nitrogens with one attached hydrogen (secondary N) is 4. The molecule has 0 aliphatic carbocycles. The zero-order valence-electron chi connectivity index (χ0n) is 25.4. The molecule has 12 nitrogen and oxygen atoms in total. The first-order valence-corrected chi connectivity index (χ1v) is 16.0. The van der Waals surface area contributed by atoms with Gasteiger partial charge < -0.3 is 40.9 Å². The van der Waals surface area contributed by atoms with E-state index in [1.165, 1.54) is 104 Å². The molecule has 232 valence electrons. The maximum atomic E-state index is 4.38. The Morgan fingerprint density at radius 2 is 0.548 bits per heavy atom. The number of hydrogen-bond acceptors (Lipinski definition) is 12. The summed E-state index contributed by atoms with van der Waals surface area (Å²) in [4.78, 5) is 26.9. The molecule has 14 heteroatoms. The molecule has 0 atom stereocenters. The van der Waals surface area contributed by atoms with Gasteiger partial charge in [0.15, 0.2) is 23.8 Å². The van der Waals surface area contributed by atoms with Crippen molar-refractivity contribution in [1.29, 1.82) is 0 Å². The van der Waals surface area contributed by atoms with Crippen molar-refractivity contribution in [3.63, 3.8) is 0 Å². The minimum Gasteiger partial charge on any atom is -0.356 e. The Morgan fingerprint density at radius 3 is 0.762 bits per heavy atom. The van der Waals surface area contributed by atoms with Crippen LogP contribution in [0, 0.1) is 0 Å². The van der Waals surface area contributed by atoms with Crippen LogP contribution in [-0.4, -0.2) is 148 Å². The maximum absolute atomic E-state index is 4.38. The van der Waals surface area contributed by atoms with E-state index in [0.717, 1.165) is 76.2 Å². The van der Waals surface area contributed by atoms with Crippen LogP contribution in [0.15, 0.2) is 20.0 Å². The van der Waals surface area contributed by atoms with Crippen molar-refractivity contribution >= 4 is 23.8 Å². The van der Waals surface area contributed by atoms with Crippen molar-refractivity contribution in [2.45, 2.75) is 51.4 Å². The SMILES string of the molecule is C1CN=C2NCCCN2C1.C1CN=C2NCCCN2C1.C1CN=C2NCCCN2C1.C1CN=C2NCCCN2C1.[W+2].[W+2]. The number of rotatable bonds is 0. The number of aliphatic imine (C=N–C) groups is 4. The van der Waals surface area contributed by atoms with Gasteiger partial charge in [0.25, 0.3) is 0 Å². The molecule has 8 aliphatic heterocycles. The first-order chi connectivity index (χ1) is 19.9. The van der Waals surface area contributed by atoms with Gasteiger partial charge in [0.1, 0.15) is 0 Å². The summed E-state index contributed by atoms with van der Waals surface area (Å²) >= 11 is 0. The van der Waals surface area contributed by atoms with Crippen LogP contribution < -0.4 is 21.3 Å². The third kappa shape index (κ3) is 10.9. The van der Waals surface area contributed by atoms with Gasteiger partial charge >= 0.3 is 42.1 Å². The Hall–Kier alpha value is -1.54. The van der Waals surface area contributed by atoms with Gasteiger partial charge in [-0.2, -0.15) is 0 Å². The summed E-state index contributed by atoms with van der Waals surface area (Å²) in [5.74, 6) is 4.55. The predicted octanol–water partition coefficient (Wildman–Crippen LogP) is 0.161. The van der Waals surface area contributed by atoms with Crippen LogP contribution in [0.4, 0.5) is 0 Å². The van der Waals surface area contributed by atoms with E-state index in [0.29, 0.717) is 0 Å². The second-order valence-corrected chi connectivity index (χ2v) is 11.3. The number of fused-ring (bicyclic) bond motifs is 4. The second-order valence-electron chi connectivity index (χ2n) is 11.3. The molecule has 8 heterocycles. The van der Waals surface area contributed by atoms with Crippen molar-refractivity contribution in [1.82, 2.24) is 40.9 Å². The molecule has 0 unspecified atom stereocenters. The van der Waals surface area contributed by atoms with Crippen LogP contribution in [0.1, 0.15) is 51.4 Å². The van der Waals surface area contributed by atoms with E-state index < -0.39 is 0 Å². The Balaban J connectivity index is 0.000000151. The number of guanidine groups is 4. The fourth-order valence-electron chi connectivity index (χ4n) is 6.03. The molecule has 4 N–H and O–H groups in total. The first-order valence-electron chi connectivity index (χ1n) is 16.0. The van der Waals surface area contributed by atoms with Crippen molar-refractivity contribution in [3.05, 3.63) is 0 Å². The molecule has 0 aromatic heterocycles. The summed E-state index contributed by atoms with van der Waals surface area (Å²) in [6.45, 7) is 18.1. The molecule has 0 bridgehead atoms. The normalized spacial score (nSPS) is 23.6. The second kappa shape index (κ2) is 19.7. The van der Waals surface area contributed by atoms with Gasteiger partial charge in [0.05, 0.1) is 0 Å². The quantitative estimate of drug-likeness (QED) is 0.273. The van der Waals surface area contributed by atoms with Crippen molar-refractivity contribution in [3.8, 4) is 0 Å². The molecule has 0 aromatic rings. The molecule has 0 spiro atoms. The van der Waals surface area contributed by atoms with E-state index in [9.17, 15) is 0 Å². The van der Waals surface area contributed by atoms with E-state index in [-0.39, 0.29) is 42.1 Å². The van der Waals surface area contributed by atoms with E-state index in [1.54, 1.807) is 0 Å². The molecule has 0 aromatic carbocycles. The molecule has 0 radical (unpaired) electrons. The zero-order chi connectivity index (χ0) is 27.2. The van der Waals surface area contributed by atoms with Crippen molar-refractivity contribution in [2.75, 3.05) is 105 Å². The Labute approximate surface area is 281 Å². The van der Waals surface area contributed by atoms with E-state index in [4.69, 9.17) is 0 Å². The summed E-state index contributed by atoms with van der Waals surface area (Å²) in [5.41, 5.74) is 0. The summed E-state index contributed by atoms with van der Waals surface area (Å²) in [5, 5.41) is 13.2. The van der Waals surface area contributed by atoms with Crippen LogP contribution in [0.5, 0.6) is 0 Å². The van der Waals surface area contributed by atoms with E-state index in [1.807, 2.05) is 0 Å². The summed E-state index contributed by atoms with van der Waals surface area (Å²) in [7, 11) is 0. The fourth-order valence-corrected chi connectivity index (χ4v) is 6.03. The Bertz CT molecular complexity index is 767. The van der Waals surface area contributed by atoms with Crippen LogP contribution >= 0.6 is 0 Å². The molecular formula is C28H52N12W2+4. The predicted molar refractivity (Wildman–Crippen MR) is 164 cm³/mol. The summed E-state index contributed by atoms with van der Waals surface area (Å²) < 4.78 is 0. The topological polar surface area (TPSA) is 111 Å². The fraction of sp³-hybridized carbons (Fsp3) is 0.857. The van der Waals surface area contributed by atoms with Crippen LogP contribution in [-0.2, 0) is 42.1 Å². The minimum atomic E-state index is 0. The van der Waals surface area contributed by atoms with Gasteiger partial charge in [-0.3, -0.25) is 20.0 Å². The molecule has 0 saturated carbocycles. The average molecular weight is 924 g/mol. The van der Waals surface area contributed by atoms with E-state index >= 15 is 0 Å². The number of hydrogen-bond donors (Lipinski definition) is 4. The largest absolute Gasteiger partial charge is 2.00 e. The standard InChI is InChI=1S/4C7H13N3.2W/c4*1-3-8-7-9-4-2-6-10(7)5-1;;/h4*1-6H2,(H,8,9);;/q;;;;2*+2. The summed E-state index contributed by atoms with van der Waals surface area (Å²) in [6.07, 6.45) is 9.96. The van der Waals surface area contributed by atoms with Crippen LogP contribution in [0.25, 0.3) is 0 Å². The Morgan fingerprint density at radius 1 is 0.333 bits per heavy atom. The van der Waals surface area contributed by atoms with Crippen molar-refractivity contribution < 1.29 is 42.1 Å². The first kappa shape index (κ1) is 34.9. The zero-order valence-corrected chi connectivity index (χ0v) is 31.2. The maximum Gasteiger partial charge on any atom is 2.00 e. The van der Waals surface area contributed by atoms with Gasteiger partial charge in [0.2, 0.25) is 0 Å². The van der Waals surface area contributed by atoms with E-state index in [2.05, 4.69) is 60.8 Å². The molecule has 4 saturated heterocycles. The third-order valence-electron chi connectivity index (χ3n) is 8.14. The van der Waals surface area contributed by atoms with Gasteiger partial charge in [-0.1, -0.05) is 0 Å². The minimum absolute atomic E-state index is 0. The van der Waals surface area contributed by atoms with Gasteiger partial charge in [-0.25, -0.2) is 0 Å². The monoisotopic (exact) mass is 924 g/mol. The molecule has 0 amide bonds. The molecule has 4 fully saturated rings. The smallest absolute Gasteiger partial charge is 0.356 e. The number of nitrogens with zero attached hydrogens (tertiary/aromatic N) is 8. The average Bonchev–Trinajstić information content (AvgIpc) is 3.06. The molecule has 8 aliphatic rings. The molecular weight excluding hydrogens is 872 g/mol.